The van der Waals surface area contributed by atoms with E-state index >= 15 is 0 Å². The van der Waals surface area contributed by atoms with Crippen molar-refractivity contribution in [1.29, 1.82) is 0 Å². The maximum atomic E-state index is 12.3. The van der Waals surface area contributed by atoms with Crippen LogP contribution in [0.5, 0.6) is 0 Å². The molecule has 0 atom stereocenters. The average molecular weight is 308 g/mol. The number of amides is 1. The van der Waals surface area contributed by atoms with Crippen LogP contribution in [-0.2, 0) is 4.74 Å². The van der Waals surface area contributed by atoms with E-state index in [-0.39, 0.29) is 5.91 Å². The Hall–Kier alpha value is -1.04. The van der Waals surface area contributed by atoms with E-state index in [0.717, 1.165) is 55.5 Å². The zero-order valence-corrected chi connectivity index (χ0v) is 13.5. The standard InChI is InChI=1S/C16H24N2O2S/c1-2-13-21-15-6-4-3-5-14(15)16(19)17-7-8-18-9-11-20-12-10-18/h3-6H,2,7-13H2,1H3,(H,17,19). The van der Waals surface area contributed by atoms with Crippen molar-refractivity contribution in [2.45, 2.75) is 18.2 Å². The highest BCUT2D eigenvalue weighted by molar-refractivity contribution is 7.99. The molecular formula is C16H24N2O2S. The number of thioether (sulfide) groups is 1. The molecule has 0 bridgehead atoms. The van der Waals surface area contributed by atoms with E-state index in [0.29, 0.717) is 6.54 Å². The SMILES string of the molecule is CCCSc1ccccc1C(=O)NCCN1CCOCC1. The highest BCUT2D eigenvalue weighted by Crippen LogP contribution is 2.23. The van der Waals surface area contributed by atoms with Crippen LogP contribution in [0.1, 0.15) is 23.7 Å². The van der Waals surface area contributed by atoms with E-state index in [9.17, 15) is 4.79 Å². The maximum absolute atomic E-state index is 12.3. The molecule has 1 aliphatic rings. The van der Waals surface area contributed by atoms with Gasteiger partial charge in [0.2, 0.25) is 0 Å². The average Bonchev–Trinajstić information content (AvgIpc) is 2.54. The van der Waals surface area contributed by atoms with Crippen LogP contribution in [0.15, 0.2) is 29.2 Å². The monoisotopic (exact) mass is 308 g/mol. The Morgan fingerprint density at radius 1 is 1.33 bits per heavy atom. The van der Waals surface area contributed by atoms with Gasteiger partial charge in [0.05, 0.1) is 18.8 Å². The molecule has 1 amide bonds. The van der Waals surface area contributed by atoms with Crippen LogP contribution in [0.4, 0.5) is 0 Å². The van der Waals surface area contributed by atoms with Crippen LogP contribution >= 0.6 is 11.8 Å². The van der Waals surface area contributed by atoms with Crippen molar-refractivity contribution in [2.75, 3.05) is 45.1 Å². The molecule has 1 N–H and O–H groups in total. The quantitative estimate of drug-likeness (QED) is 0.785. The molecular weight excluding hydrogens is 284 g/mol. The lowest BCUT2D eigenvalue weighted by Gasteiger charge is -2.26. The molecule has 1 aromatic rings. The van der Waals surface area contributed by atoms with Gasteiger partial charge in [-0.2, -0.15) is 0 Å². The molecule has 116 valence electrons. The summed E-state index contributed by atoms with van der Waals surface area (Å²) >= 11 is 1.75. The van der Waals surface area contributed by atoms with Gasteiger partial charge in [0.25, 0.3) is 5.91 Å². The molecule has 0 saturated carbocycles. The minimum Gasteiger partial charge on any atom is -0.379 e. The number of carbonyl (C=O) groups excluding carboxylic acids is 1. The van der Waals surface area contributed by atoms with Gasteiger partial charge in [-0.3, -0.25) is 9.69 Å². The summed E-state index contributed by atoms with van der Waals surface area (Å²) in [6.07, 6.45) is 1.11. The van der Waals surface area contributed by atoms with Crippen LogP contribution in [0.2, 0.25) is 0 Å². The van der Waals surface area contributed by atoms with Crippen molar-refractivity contribution >= 4 is 17.7 Å². The second kappa shape index (κ2) is 9.07. The molecule has 0 unspecified atom stereocenters. The zero-order chi connectivity index (χ0) is 14.9. The molecule has 0 spiro atoms. The minimum absolute atomic E-state index is 0.0301. The normalized spacial score (nSPS) is 15.9. The van der Waals surface area contributed by atoms with Gasteiger partial charge in [-0.15, -0.1) is 11.8 Å². The van der Waals surface area contributed by atoms with Crippen molar-refractivity contribution in [2.24, 2.45) is 0 Å². The zero-order valence-electron chi connectivity index (χ0n) is 12.6. The number of morpholine rings is 1. The van der Waals surface area contributed by atoms with Gasteiger partial charge in [-0.1, -0.05) is 19.1 Å². The van der Waals surface area contributed by atoms with Gasteiger partial charge >= 0.3 is 0 Å². The maximum Gasteiger partial charge on any atom is 0.252 e. The second-order valence-corrected chi connectivity index (χ2v) is 6.19. The van der Waals surface area contributed by atoms with Crippen LogP contribution in [-0.4, -0.2) is 56.0 Å². The first kappa shape index (κ1) is 16.3. The predicted octanol–water partition coefficient (Wildman–Crippen LogP) is 2.25. The number of hydrogen-bond acceptors (Lipinski definition) is 4. The molecule has 1 fully saturated rings. The number of ether oxygens (including phenoxy) is 1. The smallest absolute Gasteiger partial charge is 0.252 e. The summed E-state index contributed by atoms with van der Waals surface area (Å²) in [5, 5.41) is 3.03. The lowest BCUT2D eigenvalue weighted by Crippen LogP contribution is -2.41. The Bertz CT molecular complexity index is 448. The highest BCUT2D eigenvalue weighted by atomic mass is 32.2. The third-order valence-electron chi connectivity index (χ3n) is 3.41. The van der Waals surface area contributed by atoms with E-state index in [4.69, 9.17) is 4.74 Å². The summed E-state index contributed by atoms with van der Waals surface area (Å²) in [6, 6.07) is 7.84. The van der Waals surface area contributed by atoms with Crippen molar-refractivity contribution < 1.29 is 9.53 Å². The molecule has 21 heavy (non-hydrogen) atoms. The Kier molecular flexibility index (Phi) is 7.06. The first-order valence-corrected chi connectivity index (χ1v) is 8.60. The van der Waals surface area contributed by atoms with Crippen LogP contribution < -0.4 is 5.32 Å². The minimum atomic E-state index is 0.0301. The molecule has 0 aliphatic carbocycles. The number of nitrogens with zero attached hydrogens (tertiary/aromatic N) is 1. The Labute approximate surface area is 131 Å². The summed E-state index contributed by atoms with van der Waals surface area (Å²) in [4.78, 5) is 15.7. The van der Waals surface area contributed by atoms with Gasteiger partial charge in [-0.05, 0) is 24.3 Å². The molecule has 1 aliphatic heterocycles. The first-order valence-electron chi connectivity index (χ1n) is 7.61. The first-order chi connectivity index (χ1) is 10.3. The molecule has 0 radical (unpaired) electrons. The molecule has 5 heteroatoms. The number of hydrogen-bond donors (Lipinski definition) is 1. The van der Waals surface area contributed by atoms with Crippen molar-refractivity contribution in [3.63, 3.8) is 0 Å². The number of benzene rings is 1. The lowest BCUT2D eigenvalue weighted by atomic mass is 10.2. The van der Waals surface area contributed by atoms with Gasteiger partial charge in [-0.25, -0.2) is 0 Å². The third kappa shape index (κ3) is 5.34. The fourth-order valence-corrected chi connectivity index (χ4v) is 3.15. The molecule has 0 aromatic heterocycles. The van der Waals surface area contributed by atoms with Crippen molar-refractivity contribution in [1.82, 2.24) is 10.2 Å². The van der Waals surface area contributed by atoms with Gasteiger partial charge in [0.15, 0.2) is 0 Å². The van der Waals surface area contributed by atoms with Gasteiger partial charge in [0.1, 0.15) is 0 Å². The fraction of sp³-hybridized carbons (Fsp3) is 0.562. The van der Waals surface area contributed by atoms with Crippen molar-refractivity contribution in [3.05, 3.63) is 29.8 Å². The molecule has 1 heterocycles. The number of rotatable bonds is 7. The number of nitrogens with one attached hydrogen (secondary N) is 1. The van der Waals surface area contributed by atoms with Crippen LogP contribution in [0.3, 0.4) is 0 Å². The highest BCUT2D eigenvalue weighted by Gasteiger charge is 2.13. The second-order valence-electron chi connectivity index (χ2n) is 5.05. The largest absolute Gasteiger partial charge is 0.379 e. The van der Waals surface area contributed by atoms with Crippen LogP contribution in [0, 0.1) is 0 Å². The predicted molar refractivity (Wildman–Crippen MR) is 87.0 cm³/mol. The summed E-state index contributed by atoms with van der Waals surface area (Å²) in [5.74, 6) is 1.07. The van der Waals surface area contributed by atoms with E-state index < -0.39 is 0 Å². The van der Waals surface area contributed by atoms with Crippen LogP contribution in [0.25, 0.3) is 0 Å². The summed E-state index contributed by atoms with van der Waals surface area (Å²) in [5.41, 5.74) is 0.790. The topological polar surface area (TPSA) is 41.6 Å². The summed E-state index contributed by atoms with van der Waals surface area (Å²) in [6.45, 7) is 7.23. The Morgan fingerprint density at radius 2 is 2.10 bits per heavy atom. The molecule has 2 rings (SSSR count). The van der Waals surface area contributed by atoms with E-state index in [1.54, 1.807) is 11.8 Å². The van der Waals surface area contributed by atoms with E-state index in [1.165, 1.54) is 0 Å². The summed E-state index contributed by atoms with van der Waals surface area (Å²) < 4.78 is 5.32. The van der Waals surface area contributed by atoms with Gasteiger partial charge in [0, 0.05) is 31.1 Å². The molecule has 1 aromatic carbocycles. The molecule has 1 saturated heterocycles. The van der Waals surface area contributed by atoms with E-state index in [1.807, 2.05) is 24.3 Å². The number of carbonyl (C=O) groups is 1. The van der Waals surface area contributed by atoms with Gasteiger partial charge < -0.3 is 10.1 Å². The fourth-order valence-electron chi connectivity index (χ4n) is 2.24. The Balaban J connectivity index is 1.82. The third-order valence-corrected chi connectivity index (χ3v) is 4.69. The summed E-state index contributed by atoms with van der Waals surface area (Å²) in [7, 11) is 0. The van der Waals surface area contributed by atoms with E-state index in [2.05, 4.69) is 17.1 Å². The Morgan fingerprint density at radius 3 is 2.86 bits per heavy atom. The lowest BCUT2D eigenvalue weighted by molar-refractivity contribution is 0.0383. The van der Waals surface area contributed by atoms with Crippen molar-refractivity contribution in [3.8, 4) is 0 Å². The molecule has 4 nitrogen and oxygen atoms in total.